The second-order valence-corrected chi connectivity index (χ2v) is 5.20. The zero-order valence-electron chi connectivity index (χ0n) is 10.4. The molecule has 0 saturated carbocycles. The molecule has 2 rings (SSSR count). The van der Waals surface area contributed by atoms with Gasteiger partial charge < -0.3 is 4.74 Å². The minimum absolute atomic E-state index is 0.0687. The maximum Gasteiger partial charge on any atom is 0.169 e. The smallest absolute Gasteiger partial charge is 0.169 e. The predicted molar refractivity (Wildman–Crippen MR) is 72.4 cm³/mol. The van der Waals surface area contributed by atoms with Crippen LogP contribution < -0.4 is 4.74 Å². The number of Topliss-reactive ketones (excluding diaryl/α,β-unsaturated/α-hetero) is 1. The first-order valence-corrected chi connectivity index (χ1v) is 6.71. The van der Waals surface area contributed by atoms with Crippen LogP contribution in [0, 0.1) is 0 Å². The van der Waals surface area contributed by atoms with Crippen molar-refractivity contribution in [2.75, 3.05) is 0 Å². The average molecular weight is 261 g/mol. The van der Waals surface area contributed by atoms with Crippen molar-refractivity contribution in [1.82, 2.24) is 4.98 Å². The highest BCUT2D eigenvalue weighted by atomic mass is 32.1. The van der Waals surface area contributed by atoms with Crippen LogP contribution in [0.5, 0.6) is 5.75 Å². The fourth-order valence-corrected chi connectivity index (χ4v) is 2.21. The Kier molecular flexibility index (Phi) is 4.10. The van der Waals surface area contributed by atoms with E-state index >= 15 is 0 Å². The third kappa shape index (κ3) is 3.40. The quantitative estimate of drug-likeness (QED) is 0.775. The van der Waals surface area contributed by atoms with E-state index in [1.54, 1.807) is 12.3 Å². The summed E-state index contributed by atoms with van der Waals surface area (Å²) < 4.78 is 5.57. The van der Waals surface area contributed by atoms with Crippen LogP contribution in [0.2, 0.25) is 0 Å². The number of nitrogens with zero attached hydrogens (tertiary/aromatic N) is 1. The molecule has 18 heavy (non-hydrogen) atoms. The van der Waals surface area contributed by atoms with Gasteiger partial charge >= 0.3 is 0 Å². The molecule has 1 aromatic heterocycles. The number of aromatic nitrogens is 1. The van der Waals surface area contributed by atoms with Gasteiger partial charge in [-0.15, -0.1) is 11.3 Å². The van der Waals surface area contributed by atoms with E-state index in [4.69, 9.17) is 4.74 Å². The molecule has 0 amide bonds. The lowest BCUT2D eigenvalue weighted by Gasteiger charge is -2.10. The zero-order chi connectivity index (χ0) is 13.0. The average Bonchev–Trinajstić information content (AvgIpc) is 2.81. The maximum absolute atomic E-state index is 12.1. The second-order valence-electron chi connectivity index (χ2n) is 4.22. The van der Waals surface area contributed by atoms with Crippen molar-refractivity contribution in [3.05, 3.63) is 46.4 Å². The third-order valence-corrected chi connectivity index (χ3v) is 3.10. The van der Waals surface area contributed by atoms with Gasteiger partial charge in [-0.2, -0.15) is 0 Å². The summed E-state index contributed by atoms with van der Waals surface area (Å²) in [5.41, 5.74) is 0.670. The van der Waals surface area contributed by atoms with E-state index in [9.17, 15) is 4.79 Å². The molecule has 3 nitrogen and oxygen atoms in total. The van der Waals surface area contributed by atoms with Gasteiger partial charge in [0, 0.05) is 17.1 Å². The van der Waals surface area contributed by atoms with Crippen LogP contribution in [-0.2, 0) is 6.42 Å². The van der Waals surface area contributed by atoms with Gasteiger partial charge in [0.15, 0.2) is 5.78 Å². The van der Waals surface area contributed by atoms with Crippen LogP contribution >= 0.6 is 11.3 Å². The van der Waals surface area contributed by atoms with Crippen molar-refractivity contribution in [3.8, 4) is 5.75 Å². The molecule has 4 heteroatoms. The van der Waals surface area contributed by atoms with Crippen LogP contribution in [-0.4, -0.2) is 16.9 Å². The number of carbonyl (C=O) groups excluding carboxylic acids is 1. The highest BCUT2D eigenvalue weighted by molar-refractivity contribution is 7.09. The molecular weight excluding hydrogens is 246 g/mol. The zero-order valence-corrected chi connectivity index (χ0v) is 11.2. The highest BCUT2D eigenvalue weighted by Gasteiger charge is 2.10. The first-order chi connectivity index (χ1) is 8.65. The number of carbonyl (C=O) groups is 1. The van der Waals surface area contributed by atoms with E-state index in [-0.39, 0.29) is 11.9 Å². The van der Waals surface area contributed by atoms with Crippen LogP contribution in [0.25, 0.3) is 0 Å². The predicted octanol–water partition coefficient (Wildman–Crippen LogP) is 3.36. The molecule has 1 heterocycles. The number of ketones is 1. The normalized spacial score (nSPS) is 10.6. The van der Waals surface area contributed by atoms with Crippen LogP contribution in [0.4, 0.5) is 0 Å². The number of hydrogen-bond acceptors (Lipinski definition) is 4. The molecule has 0 saturated heterocycles. The van der Waals surface area contributed by atoms with Gasteiger partial charge in [0.25, 0.3) is 0 Å². The molecular formula is C14H15NO2S. The fraction of sp³-hybridized carbons (Fsp3) is 0.286. The minimum atomic E-state index is 0.0687. The van der Waals surface area contributed by atoms with E-state index in [1.165, 1.54) is 11.3 Å². The Bertz CT molecular complexity index is 520. The van der Waals surface area contributed by atoms with Crippen molar-refractivity contribution >= 4 is 17.1 Å². The summed E-state index contributed by atoms with van der Waals surface area (Å²) in [7, 11) is 0. The van der Waals surface area contributed by atoms with Gasteiger partial charge in [0.2, 0.25) is 0 Å². The van der Waals surface area contributed by atoms with Gasteiger partial charge in [0.1, 0.15) is 10.8 Å². The topological polar surface area (TPSA) is 39.2 Å². The van der Waals surface area contributed by atoms with Crippen molar-refractivity contribution in [2.45, 2.75) is 26.4 Å². The van der Waals surface area contributed by atoms with Crippen molar-refractivity contribution in [1.29, 1.82) is 0 Å². The van der Waals surface area contributed by atoms with Gasteiger partial charge in [-0.3, -0.25) is 4.79 Å². The van der Waals surface area contributed by atoms with E-state index in [1.807, 2.05) is 37.4 Å². The summed E-state index contributed by atoms with van der Waals surface area (Å²) in [4.78, 5) is 16.2. The molecule has 0 fully saturated rings. The lowest BCUT2D eigenvalue weighted by atomic mass is 10.1. The molecule has 0 N–H and O–H groups in total. The van der Waals surface area contributed by atoms with Gasteiger partial charge in [0.05, 0.1) is 12.5 Å². The second kappa shape index (κ2) is 5.78. The Hall–Kier alpha value is -1.68. The first-order valence-electron chi connectivity index (χ1n) is 5.83. The lowest BCUT2D eigenvalue weighted by Crippen LogP contribution is -2.07. The molecule has 2 aromatic rings. The molecule has 0 atom stereocenters. The molecule has 0 spiro atoms. The molecule has 0 radical (unpaired) electrons. The molecule has 0 aliphatic carbocycles. The maximum atomic E-state index is 12.1. The number of ether oxygens (including phenoxy) is 1. The van der Waals surface area contributed by atoms with Crippen molar-refractivity contribution in [2.24, 2.45) is 0 Å². The largest absolute Gasteiger partial charge is 0.491 e. The van der Waals surface area contributed by atoms with Crippen molar-refractivity contribution < 1.29 is 9.53 Å². The standard InChI is InChI=1S/C14H15NO2S/c1-10(2)17-12-5-3-4-11(8-12)13(16)9-14-15-6-7-18-14/h3-8,10H,9H2,1-2H3. The lowest BCUT2D eigenvalue weighted by molar-refractivity contribution is 0.0992. The van der Waals surface area contributed by atoms with Gasteiger partial charge in [-0.25, -0.2) is 4.98 Å². The van der Waals surface area contributed by atoms with E-state index < -0.39 is 0 Å². The fourth-order valence-electron chi connectivity index (χ4n) is 1.59. The van der Waals surface area contributed by atoms with Crippen LogP contribution in [0.3, 0.4) is 0 Å². The Morgan fingerprint density at radius 3 is 2.94 bits per heavy atom. The Balaban J connectivity index is 2.10. The van der Waals surface area contributed by atoms with E-state index in [0.717, 1.165) is 10.8 Å². The van der Waals surface area contributed by atoms with Crippen molar-refractivity contribution in [3.63, 3.8) is 0 Å². The molecule has 0 aliphatic rings. The van der Waals surface area contributed by atoms with Crippen LogP contribution in [0.15, 0.2) is 35.8 Å². The molecule has 0 aliphatic heterocycles. The third-order valence-electron chi connectivity index (χ3n) is 2.32. The van der Waals surface area contributed by atoms with Gasteiger partial charge in [-0.1, -0.05) is 12.1 Å². The number of benzene rings is 1. The summed E-state index contributed by atoms with van der Waals surface area (Å²) in [5.74, 6) is 0.800. The molecule has 0 bridgehead atoms. The SMILES string of the molecule is CC(C)Oc1cccc(C(=O)Cc2nccs2)c1. The van der Waals surface area contributed by atoms with E-state index in [2.05, 4.69) is 4.98 Å². The summed E-state index contributed by atoms with van der Waals surface area (Å²) in [6, 6.07) is 7.30. The molecule has 0 unspecified atom stereocenters. The molecule has 94 valence electrons. The summed E-state index contributed by atoms with van der Waals surface area (Å²) in [6.45, 7) is 3.92. The van der Waals surface area contributed by atoms with E-state index in [0.29, 0.717) is 12.0 Å². The van der Waals surface area contributed by atoms with Crippen LogP contribution in [0.1, 0.15) is 29.2 Å². The number of thiazole rings is 1. The monoisotopic (exact) mass is 261 g/mol. The Morgan fingerprint density at radius 2 is 2.28 bits per heavy atom. The number of hydrogen-bond donors (Lipinski definition) is 0. The summed E-state index contributed by atoms with van der Waals surface area (Å²) in [5, 5.41) is 2.72. The highest BCUT2D eigenvalue weighted by Crippen LogP contribution is 2.17. The van der Waals surface area contributed by atoms with Gasteiger partial charge in [-0.05, 0) is 26.0 Å². The Morgan fingerprint density at radius 1 is 1.44 bits per heavy atom. The summed E-state index contributed by atoms with van der Waals surface area (Å²) >= 11 is 1.50. The Labute approximate surface area is 110 Å². The summed E-state index contributed by atoms with van der Waals surface area (Å²) in [6.07, 6.45) is 2.17. The number of rotatable bonds is 5. The first kappa shape index (κ1) is 12.8. The molecule has 1 aromatic carbocycles. The minimum Gasteiger partial charge on any atom is -0.491 e.